The van der Waals surface area contributed by atoms with Gasteiger partial charge in [0.25, 0.3) is 0 Å². The SMILES string of the molecule is CC(C)(C)OC(=O)NC12CCC(C(=O)NCc3cnc4[nH]ccc4n3)(CC1)CC2.Cc1ccc(S)cc1.O.O.[HH].[HH]. The molecule has 3 fully saturated rings. The number of hydrogen-bond acceptors (Lipinski definition) is 6. The third-order valence-electron chi connectivity index (χ3n) is 7.27. The second kappa shape index (κ2) is 12.8. The quantitative estimate of drug-likeness (QED) is 0.346. The summed E-state index contributed by atoms with van der Waals surface area (Å²) in [5, 5.41) is 6.15. The van der Waals surface area contributed by atoms with Crippen molar-refractivity contribution in [3.05, 3.63) is 54.0 Å². The Kier molecular flexibility index (Phi) is 10.5. The number of aryl methyl sites for hydroxylation is 1. The van der Waals surface area contributed by atoms with E-state index < -0.39 is 5.60 Å². The highest BCUT2D eigenvalue weighted by Crippen LogP contribution is 2.52. The molecule has 2 heterocycles. The summed E-state index contributed by atoms with van der Waals surface area (Å²) in [6.45, 7) is 8.02. The fourth-order valence-corrected chi connectivity index (χ4v) is 5.24. The summed E-state index contributed by atoms with van der Waals surface area (Å²) < 4.78 is 5.43. The number of carbonyl (C=O) groups excluding carboxylic acids is 2. The first-order valence-electron chi connectivity index (χ1n) is 12.8. The molecule has 3 saturated carbocycles. The maximum Gasteiger partial charge on any atom is 0.408 e. The van der Waals surface area contributed by atoms with E-state index in [0.717, 1.165) is 60.3 Å². The summed E-state index contributed by atoms with van der Waals surface area (Å²) in [6.07, 6.45) is 7.85. The fraction of sp³-hybridized carbons (Fsp3) is 0.500. The van der Waals surface area contributed by atoms with Crippen LogP contribution in [0.3, 0.4) is 0 Å². The van der Waals surface area contributed by atoms with Gasteiger partial charge < -0.3 is 31.3 Å². The molecule has 0 atom stereocenters. The van der Waals surface area contributed by atoms with E-state index >= 15 is 0 Å². The van der Waals surface area contributed by atoms with Gasteiger partial charge in [0.15, 0.2) is 5.65 Å². The predicted octanol–water partition coefficient (Wildman–Crippen LogP) is 4.32. The summed E-state index contributed by atoms with van der Waals surface area (Å²) in [7, 11) is 0. The summed E-state index contributed by atoms with van der Waals surface area (Å²) in [6, 6.07) is 9.92. The van der Waals surface area contributed by atoms with Gasteiger partial charge in [-0.3, -0.25) is 4.79 Å². The van der Waals surface area contributed by atoms with Gasteiger partial charge in [-0.15, -0.1) is 12.6 Å². The number of aromatic amines is 1. The molecule has 10 nitrogen and oxygen atoms in total. The number of amides is 2. The number of benzene rings is 1. The highest BCUT2D eigenvalue weighted by molar-refractivity contribution is 7.80. The maximum atomic E-state index is 13.0. The van der Waals surface area contributed by atoms with Crippen LogP contribution in [0.1, 0.15) is 73.4 Å². The van der Waals surface area contributed by atoms with Crippen molar-refractivity contribution >= 4 is 35.8 Å². The first-order chi connectivity index (χ1) is 17.5. The van der Waals surface area contributed by atoms with Gasteiger partial charge in [0.05, 0.1) is 18.4 Å². The zero-order valence-electron chi connectivity index (χ0n) is 23.1. The second-order valence-corrected chi connectivity index (χ2v) is 11.8. The number of fused-ring (bicyclic) bond motifs is 4. The Hall–Kier alpha value is -3.15. The maximum absolute atomic E-state index is 13.0. The molecule has 3 aromatic rings. The fourth-order valence-electron chi connectivity index (χ4n) is 5.09. The minimum atomic E-state index is -0.514. The number of carbonyl (C=O) groups is 2. The zero-order valence-corrected chi connectivity index (χ0v) is 24.0. The Balaban J connectivity index is 0.00000116. The molecule has 2 bridgehead atoms. The van der Waals surface area contributed by atoms with Crippen molar-refractivity contribution in [3.8, 4) is 0 Å². The standard InChI is InChI=1S/C21H29N5O3.C7H8S.2H2O.2H2/c1-19(2,3)29-18(28)26-21-8-5-20(6-9-21,7-10-21)17(27)24-13-14-12-23-16-15(25-14)4-11-22-16;1-6-2-4-7(8)5-3-6;;;;/h4,11-12H,5-10,13H2,1-3H3,(H,22,23)(H,24,27)(H,26,28);2-5,8H,1H3;2*1H2;2*1H. The van der Waals surface area contributed by atoms with E-state index in [1.807, 2.05) is 51.1 Å². The van der Waals surface area contributed by atoms with Gasteiger partial charge >= 0.3 is 6.09 Å². The van der Waals surface area contributed by atoms with E-state index in [2.05, 4.69) is 45.1 Å². The highest BCUT2D eigenvalue weighted by atomic mass is 32.1. The first-order valence-corrected chi connectivity index (χ1v) is 13.3. The third-order valence-corrected chi connectivity index (χ3v) is 7.57. The smallest absolute Gasteiger partial charge is 0.408 e. The summed E-state index contributed by atoms with van der Waals surface area (Å²) >= 11 is 4.13. The van der Waals surface area contributed by atoms with Crippen LogP contribution in [0.15, 0.2) is 47.6 Å². The van der Waals surface area contributed by atoms with E-state index in [0.29, 0.717) is 6.54 Å². The largest absolute Gasteiger partial charge is 0.444 e. The number of nitrogens with zero attached hydrogens (tertiary/aromatic N) is 2. The molecule has 7 N–H and O–H groups in total. The van der Waals surface area contributed by atoms with Gasteiger partial charge in [-0.05, 0) is 84.4 Å². The number of rotatable bonds is 4. The molecule has 11 heteroatoms. The highest BCUT2D eigenvalue weighted by Gasteiger charge is 2.53. The lowest BCUT2D eigenvalue weighted by molar-refractivity contribution is -0.138. The Morgan fingerprint density at radius 1 is 1.05 bits per heavy atom. The number of H-pyrrole nitrogens is 1. The molecular formula is C28H45N5O5S. The van der Waals surface area contributed by atoms with Crippen molar-refractivity contribution in [2.75, 3.05) is 0 Å². The molecule has 218 valence electrons. The van der Waals surface area contributed by atoms with Crippen LogP contribution in [0.25, 0.3) is 11.2 Å². The number of alkyl carbamates (subject to hydrolysis) is 1. The molecule has 2 amide bonds. The molecule has 3 aliphatic rings. The minimum absolute atomic E-state index is 0. The van der Waals surface area contributed by atoms with Crippen molar-refractivity contribution in [1.29, 1.82) is 0 Å². The van der Waals surface area contributed by atoms with E-state index in [1.165, 1.54) is 5.56 Å². The predicted molar refractivity (Wildman–Crippen MR) is 158 cm³/mol. The Morgan fingerprint density at radius 2 is 1.67 bits per heavy atom. The van der Waals surface area contributed by atoms with Crippen molar-refractivity contribution in [1.82, 2.24) is 25.6 Å². The Bertz CT molecular complexity index is 1220. The van der Waals surface area contributed by atoms with Crippen LogP contribution in [0, 0.1) is 12.3 Å². The number of hydrogen-bond donors (Lipinski definition) is 4. The molecule has 3 aliphatic carbocycles. The molecule has 0 radical (unpaired) electrons. The molecule has 1 aromatic carbocycles. The van der Waals surface area contributed by atoms with Crippen LogP contribution in [-0.2, 0) is 16.1 Å². The monoisotopic (exact) mass is 563 g/mol. The second-order valence-electron chi connectivity index (χ2n) is 11.3. The number of nitrogens with one attached hydrogen (secondary N) is 3. The van der Waals surface area contributed by atoms with Crippen molar-refractivity contribution < 1.29 is 28.1 Å². The molecule has 0 spiro atoms. The molecule has 0 unspecified atom stereocenters. The van der Waals surface area contributed by atoms with Crippen LogP contribution >= 0.6 is 12.6 Å². The van der Waals surface area contributed by atoms with Crippen LogP contribution < -0.4 is 10.6 Å². The number of aromatic nitrogens is 3. The summed E-state index contributed by atoms with van der Waals surface area (Å²) in [4.78, 5) is 38.1. The summed E-state index contributed by atoms with van der Waals surface area (Å²) in [5.74, 6) is 0.0824. The van der Waals surface area contributed by atoms with Gasteiger partial charge in [0.2, 0.25) is 5.91 Å². The Morgan fingerprint density at radius 3 is 2.23 bits per heavy atom. The van der Waals surface area contributed by atoms with Crippen LogP contribution in [0.2, 0.25) is 0 Å². The van der Waals surface area contributed by atoms with E-state index in [9.17, 15) is 9.59 Å². The van der Waals surface area contributed by atoms with E-state index in [-0.39, 0.29) is 36.8 Å². The lowest BCUT2D eigenvalue weighted by Crippen LogP contribution is -2.60. The third kappa shape index (κ3) is 8.17. The lowest BCUT2D eigenvalue weighted by Gasteiger charge is -2.52. The van der Waals surface area contributed by atoms with Crippen molar-refractivity contribution in [2.45, 2.75) is 88.8 Å². The molecule has 0 aliphatic heterocycles. The molecule has 0 saturated heterocycles. The van der Waals surface area contributed by atoms with Crippen LogP contribution in [0.5, 0.6) is 0 Å². The zero-order chi connectivity index (χ0) is 26.7. The number of thiol groups is 1. The van der Waals surface area contributed by atoms with Crippen molar-refractivity contribution in [3.63, 3.8) is 0 Å². The average Bonchev–Trinajstić information content (AvgIpc) is 3.32. The summed E-state index contributed by atoms with van der Waals surface area (Å²) in [5.41, 5.74) is 2.46. The van der Waals surface area contributed by atoms with Crippen LogP contribution in [0.4, 0.5) is 4.79 Å². The van der Waals surface area contributed by atoms with Gasteiger partial charge in [0.1, 0.15) is 11.1 Å². The molecule has 2 aromatic heterocycles. The van der Waals surface area contributed by atoms with E-state index in [4.69, 9.17) is 4.74 Å². The topological polar surface area (TPSA) is 172 Å². The van der Waals surface area contributed by atoms with Gasteiger partial charge in [-0.2, -0.15) is 0 Å². The normalized spacial score (nSPS) is 21.5. The molecule has 39 heavy (non-hydrogen) atoms. The first kappa shape index (κ1) is 32.1. The lowest BCUT2D eigenvalue weighted by atomic mass is 9.57. The van der Waals surface area contributed by atoms with Gasteiger partial charge in [-0.1, -0.05) is 17.7 Å². The Labute approximate surface area is 237 Å². The molecular weight excluding hydrogens is 518 g/mol. The molecule has 6 rings (SSSR count). The van der Waals surface area contributed by atoms with Gasteiger partial charge in [-0.25, -0.2) is 14.8 Å². The van der Waals surface area contributed by atoms with Crippen LogP contribution in [-0.4, -0.2) is 49.0 Å². The van der Waals surface area contributed by atoms with Gasteiger partial charge in [0, 0.05) is 24.9 Å². The average molecular weight is 564 g/mol. The minimum Gasteiger partial charge on any atom is -0.444 e. The number of ether oxygens (including phenoxy) is 1. The van der Waals surface area contributed by atoms with Crippen molar-refractivity contribution in [2.24, 2.45) is 5.41 Å². The van der Waals surface area contributed by atoms with E-state index in [1.54, 1.807) is 12.4 Å².